The maximum absolute atomic E-state index is 4.68. The maximum Gasteiger partial charge on any atom is 0.317 e. The van der Waals surface area contributed by atoms with Crippen LogP contribution in [0.1, 0.15) is 0 Å². The Labute approximate surface area is 244 Å². The van der Waals surface area contributed by atoms with Crippen molar-refractivity contribution in [1.82, 2.24) is 55.3 Å². The van der Waals surface area contributed by atoms with E-state index < -0.39 is 0 Å². The molecule has 12 nitrogen and oxygen atoms in total. The highest BCUT2D eigenvalue weighted by Crippen LogP contribution is 1.80. The van der Waals surface area contributed by atoms with Crippen LogP contribution in [0.25, 0.3) is 0 Å². The molecule has 6 heterocycles. The van der Waals surface area contributed by atoms with Crippen molar-refractivity contribution in [3.8, 4) is 0 Å². The molecule has 42 heavy (non-hydrogen) atoms. The number of benzene rings is 1. The molecule has 0 aliphatic rings. The van der Waals surface area contributed by atoms with Crippen LogP contribution in [0.2, 0.25) is 0 Å². The lowest BCUT2D eigenvalue weighted by atomic mass is 10.4. The van der Waals surface area contributed by atoms with E-state index in [4.69, 9.17) is 0 Å². The van der Waals surface area contributed by atoms with E-state index >= 15 is 0 Å². The molecule has 1 aromatic carbocycles. The first-order chi connectivity index (χ1) is 21.0. The molecule has 0 aliphatic heterocycles. The molecule has 7 rings (SSSR count). The topological polar surface area (TPSA) is 153 Å². The maximum atomic E-state index is 4.68. The fraction of sp³-hybridized carbons (Fsp3) is 0. The minimum absolute atomic E-state index is 1.39. The monoisotopic (exact) mass is 560 g/mol. The smallest absolute Gasteiger partial charge is 0.265 e. The summed E-state index contributed by atoms with van der Waals surface area (Å²) >= 11 is 0. The summed E-state index contributed by atoms with van der Waals surface area (Å²) < 4.78 is 4.68. The summed E-state index contributed by atoms with van der Waals surface area (Å²) in [7, 11) is 0. The van der Waals surface area contributed by atoms with Crippen molar-refractivity contribution < 1.29 is 4.42 Å². The third kappa shape index (κ3) is 28.3. The summed E-state index contributed by atoms with van der Waals surface area (Å²) in [5.41, 5.74) is 0. The van der Waals surface area contributed by atoms with Gasteiger partial charge in [0.1, 0.15) is 31.6 Å². The van der Waals surface area contributed by atoms with Gasteiger partial charge in [0.25, 0.3) is 0 Å². The van der Waals surface area contributed by atoms with Gasteiger partial charge in [-0.05, 0) is 36.4 Å². The summed E-state index contributed by atoms with van der Waals surface area (Å²) in [4.78, 5) is 25.4. The molecular weight excluding hydrogens is 530 g/mol. The second-order valence-electron chi connectivity index (χ2n) is 6.57. The Kier molecular flexibility index (Phi) is 24.8. The SMILES string of the molecule is c1cc[o+]cc1.c1ccccc1.c1ccncc1.c1ccnnc1.c1cncnc1.c1cnncn1.c1ncncn1. The first-order valence-electron chi connectivity index (χ1n) is 12.2. The second-order valence-corrected chi connectivity index (χ2v) is 6.57. The molecule has 0 amide bonds. The standard InChI is InChI=1S/C6H6.C5H5N.C5H5O.2C4H4N2.2C3H3N3/c3*1-2-4-6-5-3-1;1-2-5-4-6-3-1;1-2-4-6-5-3-1;1-4-2-6-3-5-1;1-2-5-6-3-4-1/h1-6H;2*1-5H;2*1-4H;2*1-3H/q;;+1;;;;. The van der Waals surface area contributed by atoms with Gasteiger partial charge in [-0.2, -0.15) is 15.3 Å². The summed E-state index contributed by atoms with van der Waals surface area (Å²) in [6.45, 7) is 0. The van der Waals surface area contributed by atoms with E-state index in [0.717, 1.165) is 0 Å². The minimum atomic E-state index is 1.39. The van der Waals surface area contributed by atoms with Gasteiger partial charge in [0, 0.05) is 55.5 Å². The van der Waals surface area contributed by atoms with Crippen LogP contribution in [0, 0.1) is 0 Å². The molecule has 6 aromatic heterocycles. The number of rotatable bonds is 0. The average Bonchev–Trinajstić information content (AvgIpc) is 3.15. The highest BCUT2D eigenvalue weighted by Gasteiger charge is 1.73. The fourth-order valence-corrected chi connectivity index (χ4v) is 1.90. The lowest BCUT2D eigenvalue weighted by Crippen LogP contribution is -1.75. The van der Waals surface area contributed by atoms with E-state index in [2.05, 4.69) is 59.7 Å². The van der Waals surface area contributed by atoms with Gasteiger partial charge in [0.15, 0.2) is 0 Å². The predicted molar refractivity (Wildman–Crippen MR) is 158 cm³/mol. The van der Waals surface area contributed by atoms with E-state index in [1.54, 1.807) is 62.0 Å². The second kappa shape index (κ2) is 30.9. The molecule has 0 aliphatic carbocycles. The van der Waals surface area contributed by atoms with E-state index in [-0.39, 0.29) is 0 Å². The number of aromatic nitrogens is 11. The Balaban J connectivity index is 0.000000245. The third-order valence-corrected chi connectivity index (χ3v) is 3.53. The molecule has 0 fully saturated rings. The Morgan fingerprint density at radius 3 is 0.810 bits per heavy atom. The van der Waals surface area contributed by atoms with Crippen LogP contribution in [0.3, 0.4) is 0 Å². The van der Waals surface area contributed by atoms with Crippen molar-refractivity contribution in [2.75, 3.05) is 0 Å². The van der Waals surface area contributed by atoms with Crippen LogP contribution in [0.4, 0.5) is 0 Å². The fourth-order valence-electron chi connectivity index (χ4n) is 1.90. The quantitative estimate of drug-likeness (QED) is 0.229. The normalized spacial score (nSPS) is 8.00. The zero-order valence-corrected chi connectivity index (χ0v) is 22.6. The Hall–Kier alpha value is -6.30. The molecule has 0 spiro atoms. The molecule has 0 N–H and O–H groups in total. The van der Waals surface area contributed by atoms with Crippen LogP contribution >= 0.6 is 0 Å². The number of hydrogen-bond acceptors (Lipinski definition) is 11. The van der Waals surface area contributed by atoms with Gasteiger partial charge >= 0.3 is 12.5 Å². The number of nitrogens with zero attached hydrogens (tertiary/aromatic N) is 11. The summed E-state index contributed by atoms with van der Waals surface area (Å²) in [5, 5.41) is 14.0. The van der Waals surface area contributed by atoms with Crippen LogP contribution in [-0.4, -0.2) is 55.3 Å². The van der Waals surface area contributed by atoms with Gasteiger partial charge in [-0.3, -0.25) is 4.98 Å². The highest BCUT2D eigenvalue weighted by atomic mass is 16.3. The van der Waals surface area contributed by atoms with Crippen molar-refractivity contribution in [2.45, 2.75) is 0 Å². The Bertz CT molecular complexity index is 854. The van der Waals surface area contributed by atoms with Gasteiger partial charge in [0.05, 0.1) is 6.20 Å². The van der Waals surface area contributed by atoms with Gasteiger partial charge in [-0.25, -0.2) is 34.3 Å². The van der Waals surface area contributed by atoms with Crippen molar-refractivity contribution >= 4 is 0 Å². The molecule has 0 bridgehead atoms. The molecular formula is C30H30N11O+. The molecule has 0 unspecified atom stereocenters. The van der Waals surface area contributed by atoms with Crippen LogP contribution in [0.15, 0.2) is 189 Å². The summed E-state index contributed by atoms with van der Waals surface area (Å²) in [6.07, 6.45) is 23.7. The Morgan fingerprint density at radius 1 is 0.238 bits per heavy atom. The number of hydrogen-bond donors (Lipinski definition) is 0. The minimum Gasteiger partial charge on any atom is -0.265 e. The molecule has 0 atom stereocenters. The molecule has 7 aromatic rings. The van der Waals surface area contributed by atoms with Crippen molar-refractivity contribution in [3.63, 3.8) is 0 Å². The summed E-state index contributed by atoms with van der Waals surface area (Å²) in [6, 6.07) is 28.7. The Morgan fingerprint density at radius 2 is 0.643 bits per heavy atom. The molecule has 0 saturated carbocycles. The molecule has 12 heteroatoms. The van der Waals surface area contributed by atoms with Crippen molar-refractivity contribution in [2.24, 2.45) is 0 Å². The van der Waals surface area contributed by atoms with E-state index in [0.29, 0.717) is 0 Å². The molecule has 210 valence electrons. The first-order valence-corrected chi connectivity index (χ1v) is 12.2. The van der Waals surface area contributed by atoms with Crippen LogP contribution in [-0.2, 0) is 0 Å². The lowest BCUT2D eigenvalue weighted by Gasteiger charge is -1.70. The van der Waals surface area contributed by atoms with Gasteiger partial charge < -0.3 is 0 Å². The van der Waals surface area contributed by atoms with Gasteiger partial charge in [0.2, 0.25) is 0 Å². The van der Waals surface area contributed by atoms with Crippen LogP contribution in [0.5, 0.6) is 0 Å². The van der Waals surface area contributed by atoms with E-state index in [1.165, 1.54) is 37.8 Å². The lowest BCUT2D eigenvalue weighted by molar-refractivity contribution is 0.550. The summed E-state index contributed by atoms with van der Waals surface area (Å²) in [5.74, 6) is 0. The largest absolute Gasteiger partial charge is 0.317 e. The van der Waals surface area contributed by atoms with Crippen molar-refractivity contribution in [3.05, 3.63) is 185 Å². The predicted octanol–water partition coefficient (Wildman–Crippen LogP) is 5.03. The van der Waals surface area contributed by atoms with E-state index in [1.807, 2.05) is 84.9 Å². The molecule has 0 saturated heterocycles. The van der Waals surface area contributed by atoms with E-state index in [9.17, 15) is 0 Å². The van der Waals surface area contributed by atoms with Gasteiger partial charge in [-0.1, -0.05) is 42.5 Å². The average molecular weight is 561 g/mol. The first kappa shape index (κ1) is 33.7. The third-order valence-electron chi connectivity index (χ3n) is 3.53. The zero-order chi connectivity index (χ0) is 29.7. The number of pyridine rings is 1. The van der Waals surface area contributed by atoms with Crippen molar-refractivity contribution in [1.29, 1.82) is 0 Å². The zero-order valence-electron chi connectivity index (χ0n) is 22.6. The van der Waals surface area contributed by atoms with Gasteiger partial charge in [-0.15, -0.1) is 5.10 Å². The molecule has 0 radical (unpaired) electrons. The van der Waals surface area contributed by atoms with Crippen LogP contribution < -0.4 is 0 Å². The highest BCUT2D eigenvalue weighted by molar-refractivity contribution is 4.99.